The molecule has 1 fully saturated rings. The predicted molar refractivity (Wildman–Crippen MR) is 61.2 cm³/mol. The zero-order chi connectivity index (χ0) is 11.7. The van der Waals surface area contributed by atoms with Crippen LogP contribution in [-0.2, 0) is 0 Å². The van der Waals surface area contributed by atoms with Crippen molar-refractivity contribution >= 4 is 21.8 Å². The normalized spacial score (nSPS) is 14.6. The lowest BCUT2D eigenvalue weighted by Gasteiger charge is -2.31. The van der Waals surface area contributed by atoms with E-state index in [-0.39, 0.29) is 11.7 Å². The highest BCUT2D eigenvalue weighted by molar-refractivity contribution is 9.10. The fraction of sp³-hybridized carbons (Fsp3) is 0.364. The summed E-state index contributed by atoms with van der Waals surface area (Å²) < 4.78 is 18.6. The summed E-state index contributed by atoms with van der Waals surface area (Å²) in [7, 11) is 1.38. The van der Waals surface area contributed by atoms with Crippen LogP contribution in [0.15, 0.2) is 16.6 Å². The van der Waals surface area contributed by atoms with E-state index >= 15 is 0 Å². The van der Waals surface area contributed by atoms with Crippen LogP contribution in [0.4, 0.5) is 4.39 Å². The first kappa shape index (κ1) is 11.4. The number of amides is 1. The van der Waals surface area contributed by atoms with Crippen molar-refractivity contribution in [3.8, 4) is 5.75 Å². The van der Waals surface area contributed by atoms with E-state index in [1.165, 1.54) is 19.2 Å². The maximum Gasteiger partial charge on any atom is 0.255 e. The lowest BCUT2D eigenvalue weighted by Crippen LogP contribution is -2.42. The summed E-state index contributed by atoms with van der Waals surface area (Å²) in [6, 6.07) is 2.69. The van der Waals surface area contributed by atoms with Crippen molar-refractivity contribution < 1.29 is 13.9 Å². The van der Waals surface area contributed by atoms with Gasteiger partial charge in [0.2, 0.25) is 0 Å². The van der Waals surface area contributed by atoms with Gasteiger partial charge in [0.15, 0.2) is 11.6 Å². The molecule has 16 heavy (non-hydrogen) atoms. The Bertz CT molecular complexity index is 432. The highest BCUT2D eigenvalue weighted by Gasteiger charge is 2.24. The number of ether oxygens (including phenoxy) is 1. The van der Waals surface area contributed by atoms with Gasteiger partial charge in [-0.25, -0.2) is 4.39 Å². The van der Waals surface area contributed by atoms with Crippen LogP contribution in [0.5, 0.6) is 5.75 Å². The summed E-state index contributed by atoms with van der Waals surface area (Å²) in [5.74, 6) is -0.474. The fourth-order valence-corrected chi connectivity index (χ4v) is 2.02. The molecule has 0 radical (unpaired) electrons. The topological polar surface area (TPSA) is 29.5 Å². The van der Waals surface area contributed by atoms with Gasteiger partial charge in [0, 0.05) is 17.6 Å². The number of rotatable bonds is 2. The van der Waals surface area contributed by atoms with E-state index < -0.39 is 5.82 Å². The first-order valence-electron chi connectivity index (χ1n) is 4.96. The van der Waals surface area contributed by atoms with Gasteiger partial charge in [0.1, 0.15) is 0 Å². The van der Waals surface area contributed by atoms with Gasteiger partial charge >= 0.3 is 0 Å². The molecule has 0 spiro atoms. The Morgan fingerprint density at radius 1 is 1.50 bits per heavy atom. The average molecular weight is 288 g/mol. The minimum Gasteiger partial charge on any atom is -0.494 e. The Labute approximate surface area is 101 Å². The van der Waals surface area contributed by atoms with Crippen LogP contribution in [0.25, 0.3) is 0 Å². The second-order valence-electron chi connectivity index (χ2n) is 3.61. The van der Waals surface area contributed by atoms with E-state index in [0.29, 0.717) is 10.0 Å². The molecule has 1 aromatic carbocycles. The Balaban J connectivity index is 2.35. The van der Waals surface area contributed by atoms with Gasteiger partial charge in [-0.1, -0.05) is 0 Å². The van der Waals surface area contributed by atoms with Gasteiger partial charge in [0.05, 0.1) is 12.7 Å². The van der Waals surface area contributed by atoms with E-state index in [4.69, 9.17) is 4.74 Å². The van der Waals surface area contributed by atoms with Gasteiger partial charge < -0.3 is 9.64 Å². The van der Waals surface area contributed by atoms with Crippen molar-refractivity contribution in [3.05, 3.63) is 28.0 Å². The van der Waals surface area contributed by atoms with Crippen LogP contribution in [0.2, 0.25) is 0 Å². The van der Waals surface area contributed by atoms with Crippen LogP contribution >= 0.6 is 15.9 Å². The number of hydrogen-bond acceptors (Lipinski definition) is 2. The maximum atomic E-state index is 13.3. The van der Waals surface area contributed by atoms with Crippen molar-refractivity contribution in [2.45, 2.75) is 6.42 Å². The molecule has 0 atom stereocenters. The lowest BCUT2D eigenvalue weighted by atomic mass is 10.1. The molecular weight excluding hydrogens is 277 g/mol. The van der Waals surface area contributed by atoms with Gasteiger partial charge in [-0.05, 0) is 34.5 Å². The molecule has 2 rings (SSSR count). The number of halogens is 2. The summed E-state index contributed by atoms with van der Waals surface area (Å²) in [5.41, 5.74) is 0.443. The molecule has 0 unspecified atom stereocenters. The van der Waals surface area contributed by atoms with E-state index in [2.05, 4.69) is 15.9 Å². The van der Waals surface area contributed by atoms with E-state index in [9.17, 15) is 9.18 Å². The quantitative estimate of drug-likeness (QED) is 0.836. The predicted octanol–water partition coefficient (Wildman–Crippen LogP) is 2.44. The molecule has 0 aromatic heterocycles. The Hall–Kier alpha value is -1.10. The van der Waals surface area contributed by atoms with Crippen LogP contribution in [-0.4, -0.2) is 31.0 Å². The summed E-state index contributed by atoms with van der Waals surface area (Å²) in [6.45, 7) is 1.54. The molecule has 86 valence electrons. The summed E-state index contributed by atoms with van der Waals surface area (Å²) in [5, 5.41) is 0. The standard InChI is InChI=1S/C11H11BrFNO2/c1-16-10-5-7(8(12)6-9(10)13)11(15)14-3-2-4-14/h5-6H,2-4H2,1H3. The molecule has 5 heteroatoms. The Kier molecular flexibility index (Phi) is 3.14. The second-order valence-corrected chi connectivity index (χ2v) is 4.47. The Morgan fingerprint density at radius 3 is 2.69 bits per heavy atom. The molecule has 1 heterocycles. The second kappa shape index (κ2) is 4.41. The highest BCUT2D eigenvalue weighted by atomic mass is 79.9. The smallest absolute Gasteiger partial charge is 0.255 e. The fourth-order valence-electron chi connectivity index (χ4n) is 1.54. The SMILES string of the molecule is COc1cc(C(=O)N2CCC2)c(Br)cc1F. The molecule has 0 aliphatic carbocycles. The Morgan fingerprint density at radius 2 is 2.19 bits per heavy atom. The van der Waals surface area contributed by atoms with Crippen molar-refractivity contribution in [2.24, 2.45) is 0 Å². The van der Waals surface area contributed by atoms with Crippen LogP contribution in [0, 0.1) is 5.82 Å². The third-order valence-electron chi connectivity index (χ3n) is 2.62. The molecule has 1 aromatic rings. The zero-order valence-electron chi connectivity index (χ0n) is 8.80. The van der Waals surface area contributed by atoms with Crippen LogP contribution in [0.3, 0.4) is 0 Å². The van der Waals surface area contributed by atoms with Gasteiger partial charge in [0.25, 0.3) is 5.91 Å². The van der Waals surface area contributed by atoms with Crippen molar-refractivity contribution in [1.29, 1.82) is 0 Å². The van der Waals surface area contributed by atoms with Crippen molar-refractivity contribution in [2.75, 3.05) is 20.2 Å². The summed E-state index contributed by atoms with van der Waals surface area (Å²) in [4.78, 5) is 13.7. The summed E-state index contributed by atoms with van der Waals surface area (Å²) in [6.07, 6.45) is 1.03. The number of methoxy groups -OCH3 is 1. The van der Waals surface area contributed by atoms with Gasteiger partial charge in [-0.15, -0.1) is 0 Å². The third kappa shape index (κ3) is 1.91. The van der Waals surface area contributed by atoms with Crippen LogP contribution < -0.4 is 4.74 Å². The molecule has 1 aliphatic rings. The molecule has 0 bridgehead atoms. The van der Waals surface area contributed by atoms with E-state index in [0.717, 1.165) is 19.5 Å². The molecule has 0 saturated carbocycles. The molecule has 1 amide bonds. The first-order valence-corrected chi connectivity index (χ1v) is 5.75. The summed E-state index contributed by atoms with van der Waals surface area (Å²) >= 11 is 3.19. The lowest BCUT2D eigenvalue weighted by molar-refractivity contribution is 0.0650. The highest BCUT2D eigenvalue weighted by Crippen LogP contribution is 2.28. The van der Waals surface area contributed by atoms with Crippen molar-refractivity contribution in [1.82, 2.24) is 4.90 Å². The first-order chi connectivity index (χ1) is 7.63. The monoisotopic (exact) mass is 287 g/mol. The molecule has 0 N–H and O–H groups in total. The largest absolute Gasteiger partial charge is 0.494 e. The number of nitrogens with zero attached hydrogens (tertiary/aromatic N) is 1. The van der Waals surface area contributed by atoms with Crippen LogP contribution in [0.1, 0.15) is 16.8 Å². The molecule has 1 saturated heterocycles. The maximum absolute atomic E-state index is 13.3. The zero-order valence-corrected chi connectivity index (χ0v) is 10.4. The minimum atomic E-state index is -0.477. The average Bonchev–Trinajstić information content (AvgIpc) is 2.15. The minimum absolute atomic E-state index is 0.0866. The third-order valence-corrected chi connectivity index (χ3v) is 3.27. The number of hydrogen-bond donors (Lipinski definition) is 0. The number of carbonyl (C=O) groups excluding carboxylic acids is 1. The molecule has 3 nitrogen and oxygen atoms in total. The number of likely N-dealkylation sites (tertiary alicyclic amines) is 1. The van der Waals surface area contributed by atoms with Crippen molar-refractivity contribution in [3.63, 3.8) is 0 Å². The van der Waals surface area contributed by atoms with E-state index in [1.54, 1.807) is 4.90 Å². The number of benzene rings is 1. The molecular formula is C11H11BrFNO2. The van der Waals surface area contributed by atoms with Gasteiger partial charge in [-0.3, -0.25) is 4.79 Å². The number of carbonyl (C=O) groups is 1. The van der Waals surface area contributed by atoms with Gasteiger partial charge in [-0.2, -0.15) is 0 Å². The molecule has 1 aliphatic heterocycles. The van der Waals surface area contributed by atoms with E-state index in [1.807, 2.05) is 0 Å².